The summed E-state index contributed by atoms with van der Waals surface area (Å²) in [5.74, 6) is 0.388. The Hall–Kier alpha value is -3.48. The van der Waals surface area contributed by atoms with Gasteiger partial charge in [-0.15, -0.1) is 0 Å². The number of methoxy groups -OCH3 is 1. The molecule has 0 aliphatic carbocycles. The van der Waals surface area contributed by atoms with Gasteiger partial charge in [0, 0.05) is 23.5 Å². The van der Waals surface area contributed by atoms with Crippen molar-refractivity contribution in [2.24, 2.45) is 5.10 Å². The second-order valence-electron chi connectivity index (χ2n) is 4.88. The number of rotatable bonds is 5. The van der Waals surface area contributed by atoms with Crippen LogP contribution < -0.4 is 10.2 Å². The van der Waals surface area contributed by atoms with Crippen molar-refractivity contribution >= 4 is 12.1 Å². The molecule has 120 valence electrons. The summed E-state index contributed by atoms with van der Waals surface area (Å²) < 4.78 is 5.12. The molecular formula is C17H15N5O2. The van der Waals surface area contributed by atoms with Gasteiger partial charge in [-0.1, -0.05) is 6.07 Å². The molecule has 0 aliphatic heterocycles. The molecule has 0 saturated carbocycles. The topological polar surface area (TPSA) is 92.3 Å². The third kappa shape index (κ3) is 3.64. The average Bonchev–Trinajstić information content (AvgIpc) is 3.13. The summed E-state index contributed by atoms with van der Waals surface area (Å²) in [5.41, 5.74) is 5.10. The molecule has 0 unspecified atom stereocenters. The van der Waals surface area contributed by atoms with E-state index >= 15 is 0 Å². The second kappa shape index (κ2) is 7.19. The van der Waals surface area contributed by atoms with Gasteiger partial charge in [-0.2, -0.15) is 10.2 Å². The van der Waals surface area contributed by atoms with Crippen molar-refractivity contribution in [1.82, 2.24) is 20.6 Å². The molecule has 0 aliphatic rings. The number of aromatic nitrogens is 3. The van der Waals surface area contributed by atoms with Crippen LogP contribution in [0.1, 0.15) is 16.1 Å². The van der Waals surface area contributed by atoms with Crippen LogP contribution in [-0.2, 0) is 0 Å². The monoisotopic (exact) mass is 321 g/mol. The smallest absolute Gasteiger partial charge is 0.289 e. The van der Waals surface area contributed by atoms with E-state index in [9.17, 15) is 4.79 Å². The fourth-order valence-corrected chi connectivity index (χ4v) is 2.03. The van der Waals surface area contributed by atoms with E-state index in [-0.39, 0.29) is 5.91 Å². The summed E-state index contributed by atoms with van der Waals surface area (Å²) in [6.07, 6.45) is 4.83. The summed E-state index contributed by atoms with van der Waals surface area (Å²) in [6, 6.07) is 12.7. The number of pyridine rings is 1. The first-order chi connectivity index (χ1) is 11.8. The summed E-state index contributed by atoms with van der Waals surface area (Å²) in [5, 5.41) is 10.7. The number of hydrogen-bond donors (Lipinski definition) is 2. The van der Waals surface area contributed by atoms with E-state index in [0.717, 1.165) is 16.9 Å². The number of aromatic amines is 1. The Kier molecular flexibility index (Phi) is 4.62. The van der Waals surface area contributed by atoms with E-state index in [1.807, 2.05) is 30.3 Å². The lowest BCUT2D eigenvalue weighted by molar-refractivity contribution is 0.0950. The Morgan fingerprint density at radius 2 is 2.12 bits per heavy atom. The molecule has 2 heterocycles. The minimum Gasteiger partial charge on any atom is -0.497 e. The molecule has 3 rings (SSSR count). The van der Waals surface area contributed by atoms with Gasteiger partial charge in [0.15, 0.2) is 0 Å². The van der Waals surface area contributed by atoms with E-state index in [1.165, 1.54) is 6.21 Å². The van der Waals surface area contributed by atoms with Crippen LogP contribution in [0.3, 0.4) is 0 Å². The Labute approximate surface area is 138 Å². The van der Waals surface area contributed by atoms with E-state index in [2.05, 4.69) is 25.7 Å². The van der Waals surface area contributed by atoms with Gasteiger partial charge >= 0.3 is 0 Å². The lowest BCUT2D eigenvalue weighted by Gasteiger charge is -2.00. The molecule has 1 aromatic carbocycles. The number of amides is 1. The van der Waals surface area contributed by atoms with Crippen LogP contribution in [0.25, 0.3) is 11.3 Å². The van der Waals surface area contributed by atoms with Gasteiger partial charge in [0.2, 0.25) is 0 Å². The first-order valence-electron chi connectivity index (χ1n) is 7.19. The Bertz CT molecular complexity index is 841. The van der Waals surface area contributed by atoms with Gasteiger partial charge in [-0.05, 0) is 36.4 Å². The molecule has 2 N–H and O–H groups in total. The lowest BCUT2D eigenvalue weighted by atomic mass is 10.1. The molecular weight excluding hydrogens is 306 g/mol. The first kappa shape index (κ1) is 15.4. The molecule has 0 saturated heterocycles. The van der Waals surface area contributed by atoms with E-state index in [0.29, 0.717) is 11.4 Å². The fourth-order valence-electron chi connectivity index (χ4n) is 2.03. The van der Waals surface area contributed by atoms with Crippen molar-refractivity contribution in [3.63, 3.8) is 0 Å². The molecule has 7 heteroatoms. The second-order valence-corrected chi connectivity index (χ2v) is 4.88. The van der Waals surface area contributed by atoms with Gasteiger partial charge in [-0.25, -0.2) is 5.43 Å². The maximum Gasteiger partial charge on any atom is 0.289 e. The normalized spacial score (nSPS) is 10.7. The van der Waals surface area contributed by atoms with Crippen molar-refractivity contribution in [3.05, 3.63) is 66.1 Å². The van der Waals surface area contributed by atoms with Gasteiger partial charge in [0.25, 0.3) is 5.91 Å². The summed E-state index contributed by atoms with van der Waals surface area (Å²) in [4.78, 5) is 16.0. The zero-order valence-electron chi connectivity index (χ0n) is 12.9. The minimum atomic E-state index is -0.373. The lowest BCUT2D eigenvalue weighted by Crippen LogP contribution is -2.18. The number of carbonyl (C=O) groups is 1. The van der Waals surface area contributed by atoms with Crippen LogP contribution in [0.15, 0.2) is 60.0 Å². The highest BCUT2D eigenvalue weighted by Crippen LogP contribution is 2.21. The van der Waals surface area contributed by atoms with E-state index in [1.54, 1.807) is 31.6 Å². The third-order valence-corrected chi connectivity index (χ3v) is 3.27. The number of H-pyrrole nitrogens is 1. The predicted octanol–water partition coefficient (Wildman–Crippen LogP) is 2.24. The number of nitrogens with one attached hydrogen (secondary N) is 2. The number of benzene rings is 1. The van der Waals surface area contributed by atoms with Crippen molar-refractivity contribution in [3.8, 4) is 17.0 Å². The number of hydrogen-bond acceptors (Lipinski definition) is 5. The Morgan fingerprint density at radius 1 is 1.29 bits per heavy atom. The number of ether oxygens (including phenoxy) is 1. The Balaban J connectivity index is 1.66. The van der Waals surface area contributed by atoms with E-state index in [4.69, 9.17) is 4.74 Å². The zero-order valence-corrected chi connectivity index (χ0v) is 12.9. The highest BCUT2D eigenvalue weighted by molar-refractivity contribution is 5.94. The maximum atomic E-state index is 12.0. The zero-order chi connectivity index (χ0) is 16.8. The van der Waals surface area contributed by atoms with Crippen LogP contribution in [0, 0.1) is 0 Å². The summed E-state index contributed by atoms with van der Waals surface area (Å²) in [6.45, 7) is 0. The number of hydrazone groups is 1. The SMILES string of the molecule is COc1ccc(-c2cc(C(=O)NN=Cc3cccnc3)[nH]n2)cc1. The van der Waals surface area contributed by atoms with Gasteiger partial charge in [0.05, 0.1) is 19.0 Å². The van der Waals surface area contributed by atoms with Crippen molar-refractivity contribution in [2.75, 3.05) is 7.11 Å². The summed E-state index contributed by atoms with van der Waals surface area (Å²) >= 11 is 0. The van der Waals surface area contributed by atoms with Crippen molar-refractivity contribution < 1.29 is 9.53 Å². The number of carbonyl (C=O) groups excluding carboxylic acids is 1. The largest absolute Gasteiger partial charge is 0.497 e. The van der Waals surface area contributed by atoms with Crippen molar-refractivity contribution in [1.29, 1.82) is 0 Å². The maximum absolute atomic E-state index is 12.0. The summed E-state index contributed by atoms with van der Waals surface area (Å²) in [7, 11) is 1.61. The minimum absolute atomic E-state index is 0.323. The molecule has 0 atom stereocenters. The fraction of sp³-hybridized carbons (Fsp3) is 0.0588. The van der Waals surface area contributed by atoms with Crippen LogP contribution in [0.2, 0.25) is 0 Å². The van der Waals surface area contributed by atoms with Crippen LogP contribution in [0.5, 0.6) is 5.75 Å². The molecule has 0 bridgehead atoms. The third-order valence-electron chi connectivity index (χ3n) is 3.27. The first-order valence-corrected chi connectivity index (χ1v) is 7.19. The standard InChI is InChI=1S/C17H15N5O2/c1-24-14-6-4-13(5-7-14)15-9-16(21-20-15)17(23)22-19-11-12-3-2-8-18-10-12/h2-11H,1H3,(H,20,21)(H,22,23). The highest BCUT2D eigenvalue weighted by atomic mass is 16.5. The van der Waals surface area contributed by atoms with Gasteiger partial charge in [-0.3, -0.25) is 14.9 Å². The molecule has 2 aromatic heterocycles. The molecule has 3 aromatic rings. The highest BCUT2D eigenvalue weighted by Gasteiger charge is 2.10. The molecule has 7 nitrogen and oxygen atoms in total. The van der Waals surface area contributed by atoms with Gasteiger partial charge in [0.1, 0.15) is 11.4 Å². The average molecular weight is 321 g/mol. The van der Waals surface area contributed by atoms with E-state index < -0.39 is 0 Å². The quantitative estimate of drug-likeness (QED) is 0.557. The van der Waals surface area contributed by atoms with Crippen LogP contribution in [0.4, 0.5) is 0 Å². The van der Waals surface area contributed by atoms with Crippen molar-refractivity contribution in [2.45, 2.75) is 0 Å². The van der Waals surface area contributed by atoms with Gasteiger partial charge < -0.3 is 4.74 Å². The van der Waals surface area contributed by atoms with Crippen LogP contribution in [-0.4, -0.2) is 34.4 Å². The van der Waals surface area contributed by atoms with Crippen LogP contribution >= 0.6 is 0 Å². The number of nitrogens with zero attached hydrogens (tertiary/aromatic N) is 3. The molecule has 0 fully saturated rings. The Morgan fingerprint density at radius 3 is 2.83 bits per heavy atom. The predicted molar refractivity (Wildman–Crippen MR) is 89.9 cm³/mol. The molecule has 24 heavy (non-hydrogen) atoms. The molecule has 0 radical (unpaired) electrons. The molecule has 1 amide bonds. The molecule has 0 spiro atoms.